The second-order valence-corrected chi connectivity index (χ2v) is 6.81. The Hall–Kier alpha value is -1.40. The normalized spacial score (nSPS) is 28.4. The Balaban J connectivity index is 1.86. The Morgan fingerprint density at radius 2 is 2.23 bits per heavy atom. The molecule has 22 heavy (non-hydrogen) atoms. The quantitative estimate of drug-likeness (QED) is 0.924. The van der Waals surface area contributed by atoms with Gasteiger partial charge in [-0.1, -0.05) is 6.92 Å². The first-order valence-corrected chi connectivity index (χ1v) is 7.93. The van der Waals surface area contributed by atoms with Crippen LogP contribution in [0.3, 0.4) is 0 Å². The molecule has 6 heteroatoms. The zero-order chi connectivity index (χ0) is 15.7. The van der Waals surface area contributed by atoms with Gasteiger partial charge in [0.15, 0.2) is 5.69 Å². The average Bonchev–Trinajstić information content (AvgIpc) is 2.88. The zero-order valence-corrected chi connectivity index (χ0v) is 13.3. The molecule has 1 aromatic heterocycles. The fraction of sp³-hybridized carbons (Fsp3) is 0.750. The molecule has 0 unspecified atom stereocenters. The van der Waals surface area contributed by atoms with E-state index in [9.17, 15) is 9.90 Å². The molecule has 1 aliphatic carbocycles. The fourth-order valence-corrected chi connectivity index (χ4v) is 3.85. The molecule has 1 saturated carbocycles. The van der Waals surface area contributed by atoms with Crippen molar-refractivity contribution in [3.8, 4) is 0 Å². The number of aromatic nitrogens is 2. The molecule has 2 aliphatic rings. The third-order valence-corrected chi connectivity index (χ3v) is 5.08. The van der Waals surface area contributed by atoms with Crippen LogP contribution in [0.4, 0.5) is 0 Å². The first kappa shape index (κ1) is 15.5. The number of hydrogen-bond donors (Lipinski definition) is 1. The highest BCUT2D eigenvalue weighted by molar-refractivity contribution is 5.87. The summed E-state index contributed by atoms with van der Waals surface area (Å²) in [6.07, 6.45) is 4.07. The van der Waals surface area contributed by atoms with Gasteiger partial charge in [0, 0.05) is 12.7 Å². The number of aromatic carboxylic acids is 1. The van der Waals surface area contributed by atoms with Crippen molar-refractivity contribution >= 4 is 5.97 Å². The van der Waals surface area contributed by atoms with Gasteiger partial charge >= 0.3 is 5.97 Å². The van der Waals surface area contributed by atoms with E-state index in [-0.39, 0.29) is 17.0 Å². The van der Waals surface area contributed by atoms with Gasteiger partial charge in [0.1, 0.15) is 0 Å². The maximum absolute atomic E-state index is 11.6. The van der Waals surface area contributed by atoms with Crippen LogP contribution < -0.4 is 0 Å². The molecule has 0 spiro atoms. The third kappa shape index (κ3) is 2.77. The number of methoxy groups -OCH3 is 1. The summed E-state index contributed by atoms with van der Waals surface area (Å²) in [6.45, 7) is 4.73. The van der Waals surface area contributed by atoms with Crippen LogP contribution in [0.15, 0.2) is 0 Å². The lowest BCUT2D eigenvalue weighted by Crippen LogP contribution is -2.29. The SMILES string of the molecule is COC[C@]1(C)CC[C@H](c2c(C(=O)O)nn3c2COCC3)CC1. The molecule has 0 atom stereocenters. The van der Waals surface area contributed by atoms with E-state index in [4.69, 9.17) is 9.47 Å². The molecule has 1 N–H and O–H groups in total. The van der Waals surface area contributed by atoms with Crippen molar-refractivity contribution in [3.63, 3.8) is 0 Å². The lowest BCUT2D eigenvalue weighted by atomic mass is 9.70. The summed E-state index contributed by atoms with van der Waals surface area (Å²) in [4.78, 5) is 11.6. The Bertz CT molecular complexity index is 559. The summed E-state index contributed by atoms with van der Waals surface area (Å²) in [5, 5.41) is 13.8. The summed E-state index contributed by atoms with van der Waals surface area (Å²) in [5.41, 5.74) is 2.30. The standard InChI is InChI=1S/C16H24N2O4/c1-16(10-21-2)5-3-11(4-6-16)13-12-9-22-8-7-18(12)17-14(13)15(19)20/h11H,3-10H2,1-2H3,(H,19,20)/t11-,16+. The van der Waals surface area contributed by atoms with Crippen LogP contribution in [-0.2, 0) is 22.6 Å². The number of rotatable bonds is 4. The maximum atomic E-state index is 11.6. The number of nitrogens with zero attached hydrogens (tertiary/aromatic N) is 2. The van der Waals surface area contributed by atoms with E-state index >= 15 is 0 Å². The predicted octanol–water partition coefficient (Wildman–Crippen LogP) is 2.42. The number of carboxylic acids is 1. The summed E-state index contributed by atoms with van der Waals surface area (Å²) < 4.78 is 12.7. The fourth-order valence-electron chi connectivity index (χ4n) is 3.85. The van der Waals surface area contributed by atoms with Crippen LogP contribution in [0.5, 0.6) is 0 Å². The largest absolute Gasteiger partial charge is 0.476 e. The summed E-state index contributed by atoms with van der Waals surface area (Å²) in [7, 11) is 1.74. The minimum Gasteiger partial charge on any atom is -0.476 e. The van der Waals surface area contributed by atoms with Gasteiger partial charge in [-0.05, 0) is 37.0 Å². The first-order valence-electron chi connectivity index (χ1n) is 7.93. The predicted molar refractivity (Wildman–Crippen MR) is 80.0 cm³/mol. The van der Waals surface area contributed by atoms with Crippen LogP contribution >= 0.6 is 0 Å². The van der Waals surface area contributed by atoms with Crippen molar-refractivity contribution in [2.24, 2.45) is 5.41 Å². The Morgan fingerprint density at radius 1 is 1.50 bits per heavy atom. The molecule has 1 fully saturated rings. The molecule has 122 valence electrons. The van der Waals surface area contributed by atoms with Crippen molar-refractivity contribution in [1.29, 1.82) is 0 Å². The smallest absolute Gasteiger partial charge is 0.356 e. The Kier molecular flexibility index (Phi) is 4.23. The average molecular weight is 308 g/mol. The van der Waals surface area contributed by atoms with Gasteiger partial charge in [0.05, 0.1) is 32.1 Å². The van der Waals surface area contributed by atoms with Gasteiger partial charge < -0.3 is 14.6 Å². The number of carbonyl (C=O) groups is 1. The second kappa shape index (κ2) is 6.01. The minimum atomic E-state index is -0.929. The van der Waals surface area contributed by atoms with Crippen LogP contribution in [0, 0.1) is 5.41 Å². The van der Waals surface area contributed by atoms with Crippen molar-refractivity contribution in [2.75, 3.05) is 20.3 Å². The molecule has 3 rings (SSSR count). The highest BCUT2D eigenvalue weighted by Gasteiger charge is 2.36. The van der Waals surface area contributed by atoms with Crippen LogP contribution in [0.2, 0.25) is 0 Å². The highest BCUT2D eigenvalue weighted by Crippen LogP contribution is 2.44. The number of fused-ring (bicyclic) bond motifs is 1. The van der Waals surface area contributed by atoms with E-state index < -0.39 is 5.97 Å². The van der Waals surface area contributed by atoms with E-state index in [1.165, 1.54) is 0 Å². The van der Waals surface area contributed by atoms with Crippen LogP contribution in [0.25, 0.3) is 0 Å². The van der Waals surface area contributed by atoms with Crippen LogP contribution in [-0.4, -0.2) is 41.2 Å². The summed E-state index contributed by atoms with van der Waals surface area (Å²) in [6, 6.07) is 0. The second-order valence-electron chi connectivity index (χ2n) is 6.81. The molecule has 1 aromatic rings. The van der Waals surface area contributed by atoms with E-state index in [0.717, 1.165) is 43.5 Å². The highest BCUT2D eigenvalue weighted by atomic mass is 16.5. The number of ether oxygens (including phenoxy) is 2. The van der Waals surface area contributed by atoms with Gasteiger partial charge in [0.25, 0.3) is 0 Å². The molecule has 0 amide bonds. The lowest BCUT2D eigenvalue weighted by molar-refractivity contribution is 0.0564. The van der Waals surface area contributed by atoms with Crippen LogP contribution in [0.1, 0.15) is 60.3 Å². The van der Waals surface area contributed by atoms with Gasteiger partial charge in [-0.25, -0.2) is 4.79 Å². The Morgan fingerprint density at radius 3 is 2.86 bits per heavy atom. The molecule has 2 heterocycles. The first-order chi connectivity index (χ1) is 10.5. The summed E-state index contributed by atoms with van der Waals surface area (Å²) in [5.74, 6) is -0.663. The van der Waals surface area contributed by atoms with Gasteiger partial charge in [-0.15, -0.1) is 0 Å². The topological polar surface area (TPSA) is 73.6 Å². The number of hydrogen-bond acceptors (Lipinski definition) is 4. The minimum absolute atomic E-state index is 0.207. The van der Waals surface area contributed by atoms with Crippen molar-refractivity contribution in [1.82, 2.24) is 9.78 Å². The lowest BCUT2D eigenvalue weighted by Gasteiger charge is -2.37. The van der Waals surface area contributed by atoms with E-state index in [2.05, 4.69) is 12.0 Å². The molecular formula is C16H24N2O4. The molecule has 0 saturated heterocycles. The molecular weight excluding hydrogens is 284 g/mol. The Labute approximate surface area is 130 Å². The molecule has 0 bridgehead atoms. The van der Waals surface area contributed by atoms with Crippen molar-refractivity contribution < 1.29 is 19.4 Å². The number of carboxylic acid groups (broad SMARTS) is 1. The zero-order valence-electron chi connectivity index (χ0n) is 13.3. The molecule has 0 radical (unpaired) electrons. The monoisotopic (exact) mass is 308 g/mol. The van der Waals surface area contributed by atoms with Gasteiger partial charge in [0.2, 0.25) is 0 Å². The molecule has 1 aliphatic heterocycles. The third-order valence-electron chi connectivity index (χ3n) is 5.08. The summed E-state index contributed by atoms with van der Waals surface area (Å²) >= 11 is 0. The van der Waals surface area contributed by atoms with Crippen molar-refractivity contribution in [2.45, 2.75) is 51.7 Å². The molecule has 6 nitrogen and oxygen atoms in total. The van der Waals surface area contributed by atoms with Gasteiger partial charge in [-0.3, -0.25) is 4.68 Å². The van der Waals surface area contributed by atoms with Crippen molar-refractivity contribution in [3.05, 3.63) is 17.0 Å². The molecule has 0 aromatic carbocycles. The van der Waals surface area contributed by atoms with Gasteiger partial charge in [-0.2, -0.15) is 5.10 Å². The maximum Gasteiger partial charge on any atom is 0.356 e. The van der Waals surface area contributed by atoms with E-state index in [1.807, 2.05) is 4.68 Å². The van der Waals surface area contributed by atoms with E-state index in [1.54, 1.807) is 7.11 Å². The van der Waals surface area contributed by atoms with E-state index in [0.29, 0.717) is 19.8 Å².